The van der Waals surface area contributed by atoms with Crippen molar-refractivity contribution in [1.82, 2.24) is 0 Å². The number of carboxylic acids is 2. The fourth-order valence-electron chi connectivity index (χ4n) is 0.385. The number of carbonyl (C=O) groups is 2. The van der Waals surface area contributed by atoms with E-state index in [0.29, 0.717) is 0 Å². The van der Waals surface area contributed by atoms with Gasteiger partial charge in [0.15, 0.2) is 0 Å². The minimum absolute atomic E-state index is 0. The molecule has 2 N–H and O–H groups in total. The molecule has 4 nitrogen and oxygen atoms in total. The molecule has 1 aromatic carbocycles. The summed E-state index contributed by atoms with van der Waals surface area (Å²) >= 11 is 0. The molecule has 5 heteroatoms. The van der Waals surface area contributed by atoms with Gasteiger partial charge in [-0.05, 0) is 0 Å². The van der Waals surface area contributed by atoms with Gasteiger partial charge in [0.1, 0.15) is 0 Å². The monoisotopic (exact) mass is 265 g/mol. The summed E-state index contributed by atoms with van der Waals surface area (Å²) < 4.78 is 0. The van der Waals surface area contributed by atoms with E-state index in [1.807, 2.05) is 36.4 Å². The third-order valence-electron chi connectivity index (χ3n) is 1.27. The topological polar surface area (TPSA) is 74.6 Å². The van der Waals surface area contributed by atoms with Crippen LogP contribution in [-0.4, -0.2) is 73.5 Å². The third kappa shape index (κ3) is 31.3. The van der Waals surface area contributed by atoms with Crippen LogP contribution >= 0.6 is 0 Å². The molecule has 0 aromatic heterocycles. The Kier molecular flexibility index (Phi) is 23.5. The molecule has 1 rings (SSSR count). The van der Waals surface area contributed by atoms with Crippen LogP contribution < -0.4 is 0 Å². The smallest absolute Gasteiger partial charge is 0.303 e. The van der Waals surface area contributed by atoms with Gasteiger partial charge < -0.3 is 10.2 Å². The molecule has 0 heterocycles. The Morgan fingerprint density at radius 2 is 0.882 bits per heavy atom. The van der Waals surface area contributed by atoms with Crippen molar-refractivity contribution >= 4 is 63.3 Å². The first-order valence-electron chi connectivity index (χ1n) is 4.98. The predicted molar refractivity (Wildman–Crippen MR) is 68.0 cm³/mol. The maximum absolute atomic E-state index is 9.37. The van der Waals surface area contributed by atoms with Crippen LogP contribution in [0.5, 0.6) is 0 Å². The first kappa shape index (κ1) is 22.0. The molecule has 1 radical (unpaired) electrons. The fourth-order valence-corrected chi connectivity index (χ4v) is 0.385. The van der Waals surface area contributed by atoms with Gasteiger partial charge in [0, 0.05) is 64.2 Å². The van der Waals surface area contributed by atoms with Crippen molar-refractivity contribution < 1.29 is 19.8 Å². The van der Waals surface area contributed by atoms with Crippen LogP contribution in [0.2, 0.25) is 0 Å². The molecule has 0 unspecified atom stereocenters. The van der Waals surface area contributed by atoms with Crippen LogP contribution in [0.1, 0.15) is 26.7 Å². The normalized spacial score (nSPS) is 7.18. The zero-order valence-electron chi connectivity index (χ0n) is 10.6. The molecule has 0 saturated heterocycles. The number of aliphatic carboxylic acids is 2. The van der Waals surface area contributed by atoms with Gasteiger partial charge in [-0.1, -0.05) is 50.2 Å². The molecule has 0 fully saturated rings. The van der Waals surface area contributed by atoms with Gasteiger partial charge in [-0.2, -0.15) is 0 Å². The van der Waals surface area contributed by atoms with Crippen molar-refractivity contribution in [3.05, 3.63) is 36.4 Å². The van der Waals surface area contributed by atoms with E-state index in [9.17, 15) is 9.59 Å². The Balaban J connectivity index is -0.000000170. The molecule has 0 aliphatic carbocycles. The van der Waals surface area contributed by atoms with Crippen molar-refractivity contribution in [2.75, 3.05) is 0 Å². The average molecular weight is 265 g/mol. The molecule has 0 aliphatic heterocycles. The summed E-state index contributed by atoms with van der Waals surface area (Å²) in [6, 6.07) is 12.0. The maximum Gasteiger partial charge on any atom is 0.303 e. The molecular formula is C12H18KO4. The summed E-state index contributed by atoms with van der Waals surface area (Å²) in [7, 11) is 0. The first-order chi connectivity index (χ1) is 7.54. The van der Waals surface area contributed by atoms with E-state index in [-0.39, 0.29) is 64.2 Å². The Morgan fingerprint density at radius 1 is 0.765 bits per heavy atom. The van der Waals surface area contributed by atoms with Gasteiger partial charge in [0.25, 0.3) is 0 Å². The van der Waals surface area contributed by atoms with E-state index in [1.165, 1.54) is 0 Å². The molecule has 0 saturated carbocycles. The van der Waals surface area contributed by atoms with Gasteiger partial charge in [0.05, 0.1) is 0 Å². The van der Waals surface area contributed by atoms with Crippen LogP contribution in [0.3, 0.4) is 0 Å². The zero-order valence-corrected chi connectivity index (χ0v) is 13.7. The van der Waals surface area contributed by atoms with E-state index < -0.39 is 11.9 Å². The van der Waals surface area contributed by atoms with Gasteiger partial charge >= 0.3 is 11.9 Å². The third-order valence-corrected chi connectivity index (χ3v) is 1.27. The SMILES string of the molecule is CCC(=O)O.CCC(=O)O.[K].c1ccccc1. The Hall–Kier alpha value is -0.204. The number of carboxylic acid groups (broad SMARTS) is 2. The van der Waals surface area contributed by atoms with Gasteiger partial charge in [0.2, 0.25) is 0 Å². The van der Waals surface area contributed by atoms with Gasteiger partial charge in [-0.3, -0.25) is 9.59 Å². The Labute approximate surface area is 144 Å². The molecule has 17 heavy (non-hydrogen) atoms. The summed E-state index contributed by atoms with van der Waals surface area (Å²) in [4.78, 5) is 18.7. The molecule has 1 aromatic rings. The Bertz CT molecular complexity index is 234. The zero-order chi connectivity index (χ0) is 12.8. The quantitative estimate of drug-likeness (QED) is 0.804. The standard InChI is InChI=1S/C6H6.2C3H6O2.K/c1-2-4-6-5-3-1;2*1-2-3(4)5;/h1-6H;2*2H2,1H3,(H,4,5);. The molecule has 0 atom stereocenters. The van der Waals surface area contributed by atoms with Crippen LogP contribution in [0.15, 0.2) is 36.4 Å². The van der Waals surface area contributed by atoms with E-state index in [2.05, 4.69) is 0 Å². The number of hydrogen-bond donors (Lipinski definition) is 2. The summed E-state index contributed by atoms with van der Waals surface area (Å²) in [5.74, 6) is -1.49. The van der Waals surface area contributed by atoms with E-state index in [1.54, 1.807) is 13.8 Å². The predicted octanol–water partition coefficient (Wildman–Crippen LogP) is 2.27. The fraction of sp³-hybridized carbons (Fsp3) is 0.333. The van der Waals surface area contributed by atoms with Crippen molar-refractivity contribution in [3.63, 3.8) is 0 Å². The van der Waals surface area contributed by atoms with E-state index in [4.69, 9.17) is 10.2 Å². The van der Waals surface area contributed by atoms with E-state index >= 15 is 0 Å². The van der Waals surface area contributed by atoms with Gasteiger partial charge in [-0.25, -0.2) is 0 Å². The van der Waals surface area contributed by atoms with Crippen molar-refractivity contribution in [3.8, 4) is 0 Å². The number of benzene rings is 1. The van der Waals surface area contributed by atoms with E-state index in [0.717, 1.165) is 0 Å². The molecule has 0 amide bonds. The van der Waals surface area contributed by atoms with Gasteiger partial charge in [-0.15, -0.1) is 0 Å². The van der Waals surface area contributed by atoms with Crippen LogP contribution in [0.25, 0.3) is 0 Å². The second kappa shape index (κ2) is 18.2. The van der Waals surface area contributed by atoms with Crippen molar-refractivity contribution in [2.45, 2.75) is 26.7 Å². The minimum atomic E-state index is -0.745. The molecule has 0 aliphatic rings. The summed E-state index contributed by atoms with van der Waals surface area (Å²) in [6.45, 7) is 3.20. The average Bonchev–Trinajstić information content (AvgIpc) is 2.32. The Morgan fingerprint density at radius 3 is 0.941 bits per heavy atom. The molecule has 91 valence electrons. The maximum atomic E-state index is 9.37. The number of rotatable bonds is 2. The van der Waals surface area contributed by atoms with Crippen LogP contribution in [0.4, 0.5) is 0 Å². The molecule has 0 bridgehead atoms. The summed E-state index contributed by atoms with van der Waals surface area (Å²) in [6.07, 6.45) is 0.444. The summed E-state index contributed by atoms with van der Waals surface area (Å²) in [5, 5.41) is 15.4. The molecule has 0 spiro atoms. The summed E-state index contributed by atoms with van der Waals surface area (Å²) in [5.41, 5.74) is 0. The second-order valence-corrected chi connectivity index (χ2v) is 2.65. The number of hydrogen-bond acceptors (Lipinski definition) is 2. The van der Waals surface area contributed by atoms with Crippen molar-refractivity contribution in [1.29, 1.82) is 0 Å². The minimum Gasteiger partial charge on any atom is -0.481 e. The largest absolute Gasteiger partial charge is 0.481 e. The van der Waals surface area contributed by atoms with Crippen LogP contribution in [0, 0.1) is 0 Å². The second-order valence-electron chi connectivity index (χ2n) is 2.65. The first-order valence-corrected chi connectivity index (χ1v) is 4.98. The van der Waals surface area contributed by atoms with Crippen molar-refractivity contribution in [2.24, 2.45) is 0 Å². The van der Waals surface area contributed by atoms with Crippen LogP contribution in [-0.2, 0) is 9.59 Å². The molecular weight excluding hydrogens is 247 g/mol.